The van der Waals surface area contributed by atoms with Gasteiger partial charge in [-0.1, -0.05) is 6.07 Å². The van der Waals surface area contributed by atoms with Gasteiger partial charge in [0.1, 0.15) is 5.82 Å². The van der Waals surface area contributed by atoms with Crippen molar-refractivity contribution in [2.45, 2.75) is 32.2 Å². The van der Waals surface area contributed by atoms with Gasteiger partial charge in [-0.25, -0.2) is 4.39 Å². The quantitative estimate of drug-likeness (QED) is 0.756. The van der Waals surface area contributed by atoms with E-state index in [0.29, 0.717) is 12.9 Å². The normalized spacial score (nSPS) is 20.2. The lowest BCUT2D eigenvalue weighted by molar-refractivity contribution is -0.168. The number of hydrogen-bond acceptors (Lipinski definition) is 3. The average molecular weight is 238 g/mol. The molecule has 1 saturated heterocycles. The summed E-state index contributed by atoms with van der Waals surface area (Å²) < 4.78 is 24.0. The van der Waals surface area contributed by atoms with Gasteiger partial charge in [-0.15, -0.1) is 0 Å². The van der Waals surface area contributed by atoms with E-state index in [1.807, 2.05) is 0 Å². The third-order valence-corrected chi connectivity index (χ3v) is 2.76. The zero-order chi connectivity index (χ0) is 12.1. The van der Waals surface area contributed by atoms with Crippen LogP contribution in [0.2, 0.25) is 0 Å². The fourth-order valence-corrected chi connectivity index (χ4v) is 1.81. The van der Waals surface area contributed by atoms with Crippen molar-refractivity contribution < 1.29 is 18.7 Å². The summed E-state index contributed by atoms with van der Waals surface area (Å²) in [6, 6.07) is 4.40. The lowest BCUT2D eigenvalue weighted by Crippen LogP contribution is -2.22. The first-order chi connectivity index (χ1) is 8.29. The molecule has 0 aromatic heterocycles. The van der Waals surface area contributed by atoms with E-state index in [-0.39, 0.29) is 11.9 Å². The Hall–Kier alpha value is -1.26. The van der Waals surface area contributed by atoms with Gasteiger partial charge in [-0.2, -0.15) is 0 Å². The van der Waals surface area contributed by atoms with E-state index < -0.39 is 5.82 Å². The largest absolute Gasteiger partial charge is 0.353 e. The molecule has 1 aliphatic rings. The Morgan fingerprint density at radius 3 is 3.06 bits per heavy atom. The summed E-state index contributed by atoms with van der Waals surface area (Å²) in [5.74, 6) is -0.502. The van der Waals surface area contributed by atoms with Crippen molar-refractivity contribution in [1.29, 1.82) is 0 Å². The molecule has 1 aromatic rings. The standard InChI is InChI=1S/C13H15FO3/c14-12-5-4-10(7-11(12)8-15)9-17-13-3-1-2-6-16-13/h4-5,7-8,13H,1-3,6,9H2. The Bertz CT molecular complexity index is 386. The highest BCUT2D eigenvalue weighted by Crippen LogP contribution is 2.16. The molecule has 0 spiro atoms. The lowest BCUT2D eigenvalue weighted by atomic mass is 10.1. The van der Waals surface area contributed by atoms with Gasteiger partial charge in [-0.05, 0) is 37.0 Å². The maximum Gasteiger partial charge on any atom is 0.158 e. The van der Waals surface area contributed by atoms with Crippen LogP contribution in [-0.4, -0.2) is 19.2 Å². The highest BCUT2D eigenvalue weighted by molar-refractivity contribution is 5.75. The summed E-state index contributed by atoms with van der Waals surface area (Å²) in [6.07, 6.45) is 3.41. The van der Waals surface area contributed by atoms with Crippen LogP contribution in [0.5, 0.6) is 0 Å². The molecule has 1 atom stereocenters. The second kappa shape index (κ2) is 5.89. The topological polar surface area (TPSA) is 35.5 Å². The van der Waals surface area contributed by atoms with Gasteiger partial charge in [0, 0.05) is 6.61 Å². The van der Waals surface area contributed by atoms with Crippen LogP contribution < -0.4 is 0 Å². The van der Waals surface area contributed by atoms with E-state index in [1.54, 1.807) is 6.07 Å². The van der Waals surface area contributed by atoms with Crippen molar-refractivity contribution in [2.24, 2.45) is 0 Å². The van der Waals surface area contributed by atoms with Crippen LogP contribution in [0, 0.1) is 5.82 Å². The van der Waals surface area contributed by atoms with Crippen LogP contribution in [0.4, 0.5) is 4.39 Å². The monoisotopic (exact) mass is 238 g/mol. The number of rotatable bonds is 4. The molecule has 2 rings (SSSR count). The molecule has 0 N–H and O–H groups in total. The van der Waals surface area contributed by atoms with Gasteiger partial charge in [0.2, 0.25) is 0 Å². The Labute approximate surface area is 99.5 Å². The highest BCUT2D eigenvalue weighted by atomic mass is 19.1. The van der Waals surface area contributed by atoms with Crippen molar-refractivity contribution in [3.63, 3.8) is 0 Å². The number of halogens is 1. The lowest BCUT2D eigenvalue weighted by Gasteiger charge is -2.22. The summed E-state index contributed by atoms with van der Waals surface area (Å²) in [6.45, 7) is 1.07. The SMILES string of the molecule is O=Cc1cc(COC2CCCCO2)ccc1F. The second-order valence-corrected chi connectivity index (χ2v) is 4.08. The van der Waals surface area contributed by atoms with Crippen LogP contribution in [0.1, 0.15) is 35.2 Å². The molecule has 4 heteroatoms. The molecule has 17 heavy (non-hydrogen) atoms. The first-order valence-corrected chi connectivity index (χ1v) is 5.76. The predicted octanol–water partition coefficient (Wildman–Crippen LogP) is 2.68. The van der Waals surface area contributed by atoms with Crippen molar-refractivity contribution in [1.82, 2.24) is 0 Å². The maximum atomic E-state index is 13.1. The van der Waals surface area contributed by atoms with Crippen LogP contribution >= 0.6 is 0 Å². The minimum Gasteiger partial charge on any atom is -0.353 e. The second-order valence-electron chi connectivity index (χ2n) is 4.08. The first kappa shape index (κ1) is 12.2. The minimum absolute atomic E-state index is 0.0654. The molecule has 0 saturated carbocycles. The van der Waals surface area contributed by atoms with Crippen LogP contribution in [0.3, 0.4) is 0 Å². The fraction of sp³-hybridized carbons (Fsp3) is 0.462. The van der Waals surface area contributed by atoms with E-state index in [9.17, 15) is 9.18 Å². The van der Waals surface area contributed by atoms with E-state index in [2.05, 4.69) is 0 Å². The molecule has 0 radical (unpaired) electrons. The number of aldehydes is 1. The predicted molar refractivity (Wildman–Crippen MR) is 60.2 cm³/mol. The third kappa shape index (κ3) is 3.35. The Balaban J connectivity index is 1.91. The van der Waals surface area contributed by atoms with Gasteiger partial charge in [0.25, 0.3) is 0 Å². The number of ether oxygens (including phenoxy) is 2. The van der Waals surface area contributed by atoms with E-state index in [1.165, 1.54) is 12.1 Å². The molecule has 0 bridgehead atoms. The van der Waals surface area contributed by atoms with E-state index >= 15 is 0 Å². The molecular formula is C13H15FO3. The molecule has 0 amide bonds. The van der Waals surface area contributed by atoms with E-state index in [0.717, 1.165) is 31.4 Å². The Morgan fingerprint density at radius 2 is 2.35 bits per heavy atom. The van der Waals surface area contributed by atoms with Gasteiger partial charge >= 0.3 is 0 Å². The zero-order valence-electron chi connectivity index (χ0n) is 9.52. The Kier molecular flexibility index (Phi) is 4.23. The minimum atomic E-state index is -0.502. The maximum absolute atomic E-state index is 13.1. The number of benzene rings is 1. The molecule has 1 aliphatic heterocycles. The number of carbonyl (C=O) groups excluding carboxylic acids is 1. The van der Waals surface area contributed by atoms with Crippen LogP contribution in [0.15, 0.2) is 18.2 Å². The molecule has 1 heterocycles. The van der Waals surface area contributed by atoms with Gasteiger partial charge < -0.3 is 9.47 Å². The van der Waals surface area contributed by atoms with Gasteiger partial charge in [0.15, 0.2) is 12.6 Å². The molecular weight excluding hydrogens is 223 g/mol. The molecule has 3 nitrogen and oxygen atoms in total. The summed E-state index contributed by atoms with van der Waals surface area (Å²) in [5.41, 5.74) is 0.846. The summed E-state index contributed by atoms with van der Waals surface area (Å²) in [7, 11) is 0. The summed E-state index contributed by atoms with van der Waals surface area (Å²) in [4.78, 5) is 10.6. The smallest absolute Gasteiger partial charge is 0.158 e. The summed E-state index contributed by atoms with van der Waals surface area (Å²) >= 11 is 0. The number of carbonyl (C=O) groups is 1. The fourth-order valence-electron chi connectivity index (χ4n) is 1.81. The highest BCUT2D eigenvalue weighted by Gasteiger charge is 2.14. The van der Waals surface area contributed by atoms with Crippen molar-refractivity contribution in [3.8, 4) is 0 Å². The molecule has 1 unspecified atom stereocenters. The molecule has 1 aromatic carbocycles. The molecule has 92 valence electrons. The molecule has 0 aliphatic carbocycles. The summed E-state index contributed by atoms with van der Waals surface area (Å²) in [5, 5.41) is 0. The average Bonchev–Trinajstić information content (AvgIpc) is 2.39. The van der Waals surface area contributed by atoms with Gasteiger partial charge in [-0.3, -0.25) is 4.79 Å². The zero-order valence-corrected chi connectivity index (χ0v) is 9.52. The van der Waals surface area contributed by atoms with Crippen molar-refractivity contribution in [2.75, 3.05) is 6.61 Å². The van der Waals surface area contributed by atoms with E-state index in [4.69, 9.17) is 9.47 Å². The first-order valence-electron chi connectivity index (χ1n) is 5.76. The molecule has 1 fully saturated rings. The number of hydrogen-bond donors (Lipinski definition) is 0. The van der Waals surface area contributed by atoms with Crippen molar-refractivity contribution in [3.05, 3.63) is 35.1 Å². The van der Waals surface area contributed by atoms with Crippen LogP contribution in [-0.2, 0) is 16.1 Å². The van der Waals surface area contributed by atoms with Crippen molar-refractivity contribution >= 4 is 6.29 Å². The Morgan fingerprint density at radius 1 is 1.47 bits per heavy atom. The van der Waals surface area contributed by atoms with Gasteiger partial charge in [0.05, 0.1) is 12.2 Å². The van der Waals surface area contributed by atoms with Crippen LogP contribution in [0.25, 0.3) is 0 Å². The third-order valence-electron chi connectivity index (χ3n) is 2.76.